The van der Waals surface area contributed by atoms with Crippen LogP contribution in [-0.2, 0) is 6.54 Å². The lowest BCUT2D eigenvalue weighted by Crippen LogP contribution is -2.10. The van der Waals surface area contributed by atoms with Gasteiger partial charge >= 0.3 is 0 Å². The molecule has 0 aliphatic rings. The van der Waals surface area contributed by atoms with E-state index in [2.05, 4.69) is 51.3 Å². The van der Waals surface area contributed by atoms with Crippen LogP contribution >= 0.6 is 0 Å². The van der Waals surface area contributed by atoms with E-state index < -0.39 is 0 Å². The van der Waals surface area contributed by atoms with E-state index in [-0.39, 0.29) is 6.04 Å². The van der Waals surface area contributed by atoms with Crippen LogP contribution in [0.4, 0.5) is 5.69 Å². The third kappa shape index (κ3) is 3.12. The van der Waals surface area contributed by atoms with E-state index in [1.807, 2.05) is 38.1 Å². The first-order chi connectivity index (χ1) is 13.6. The Labute approximate surface area is 163 Å². The molecule has 140 valence electrons. The van der Waals surface area contributed by atoms with Gasteiger partial charge in [0.15, 0.2) is 0 Å². The molecule has 4 rings (SSSR count). The Morgan fingerprint density at radius 1 is 1.21 bits per heavy atom. The van der Waals surface area contributed by atoms with Gasteiger partial charge in [-0.1, -0.05) is 23.4 Å². The van der Waals surface area contributed by atoms with Gasteiger partial charge in [0.05, 0.1) is 11.3 Å². The standard InChI is InChI=1S/C22H21N5O/c1-4-27-13-18(17-7-5-6-8-20(17)27)21-25-22(28-26-21)15-9-10-19(24-14(2)3)16(11-15)12-23/h5-11,13-14,24H,4H2,1-3H3. The molecule has 0 aliphatic carbocycles. The number of aryl methyl sites for hydroxylation is 1. The van der Waals surface area contributed by atoms with Crippen LogP contribution in [0.2, 0.25) is 0 Å². The summed E-state index contributed by atoms with van der Waals surface area (Å²) in [7, 11) is 0. The maximum atomic E-state index is 9.47. The number of anilines is 1. The van der Waals surface area contributed by atoms with Gasteiger partial charge in [-0.05, 0) is 45.0 Å². The van der Waals surface area contributed by atoms with Crippen molar-refractivity contribution in [2.24, 2.45) is 0 Å². The van der Waals surface area contributed by atoms with Crippen LogP contribution in [-0.4, -0.2) is 20.7 Å². The van der Waals surface area contributed by atoms with Gasteiger partial charge in [0.25, 0.3) is 5.89 Å². The summed E-state index contributed by atoms with van der Waals surface area (Å²) in [6, 6.07) is 16.2. The number of rotatable bonds is 5. The second kappa shape index (κ2) is 7.20. The average molecular weight is 371 g/mol. The molecule has 2 aromatic heterocycles. The molecule has 4 aromatic rings. The highest BCUT2D eigenvalue weighted by atomic mass is 16.5. The molecule has 2 aromatic carbocycles. The second-order valence-electron chi connectivity index (χ2n) is 6.94. The van der Waals surface area contributed by atoms with Gasteiger partial charge < -0.3 is 14.4 Å². The molecule has 2 heterocycles. The quantitative estimate of drug-likeness (QED) is 0.530. The fourth-order valence-electron chi connectivity index (χ4n) is 3.34. The molecule has 6 heteroatoms. The molecule has 0 saturated heterocycles. The number of nitrogens with one attached hydrogen (secondary N) is 1. The lowest BCUT2D eigenvalue weighted by molar-refractivity contribution is 0.432. The first-order valence-electron chi connectivity index (χ1n) is 9.33. The number of nitriles is 1. The Balaban J connectivity index is 1.74. The van der Waals surface area contributed by atoms with Gasteiger partial charge in [-0.3, -0.25) is 0 Å². The molecule has 28 heavy (non-hydrogen) atoms. The summed E-state index contributed by atoms with van der Waals surface area (Å²) in [5.74, 6) is 0.942. The van der Waals surface area contributed by atoms with E-state index >= 15 is 0 Å². The van der Waals surface area contributed by atoms with Crippen molar-refractivity contribution in [1.29, 1.82) is 5.26 Å². The molecule has 1 N–H and O–H groups in total. The van der Waals surface area contributed by atoms with Crippen LogP contribution in [0.25, 0.3) is 33.7 Å². The van der Waals surface area contributed by atoms with E-state index in [4.69, 9.17) is 4.52 Å². The van der Waals surface area contributed by atoms with E-state index in [0.29, 0.717) is 17.3 Å². The van der Waals surface area contributed by atoms with Crippen molar-refractivity contribution >= 4 is 16.6 Å². The Morgan fingerprint density at radius 2 is 2.04 bits per heavy atom. The van der Waals surface area contributed by atoms with Crippen LogP contribution in [0.1, 0.15) is 26.3 Å². The van der Waals surface area contributed by atoms with Crippen molar-refractivity contribution in [3.63, 3.8) is 0 Å². The van der Waals surface area contributed by atoms with E-state index in [1.165, 1.54) is 0 Å². The molecular weight excluding hydrogens is 350 g/mol. The van der Waals surface area contributed by atoms with Crippen LogP contribution < -0.4 is 5.32 Å². The summed E-state index contributed by atoms with van der Waals surface area (Å²) in [5, 5.41) is 18.0. The predicted molar refractivity (Wildman–Crippen MR) is 110 cm³/mol. The minimum absolute atomic E-state index is 0.240. The molecule has 0 fully saturated rings. The maximum absolute atomic E-state index is 9.47. The van der Waals surface area contributed by atoms with Crippen molar-refractivity contribution in [2.45, 2.75) is 33.4 Å². The summed E-state index contributed by atoms with van der Waals surface area (Å²) < 4.78 is 7.68. The summed E-state index contributed by atoms with van der Waals surface area (Å²) in [6.07, 6.45) is 2.05. The van der Waals surface area contributed by atoms with Crippen molar-refractivity contribution in [3.8, 4) is 28.9 Å². The van der Waals surface area contributed by atoms with Gasteiger partial charge in [-0.2, -0.15) is 10.2 Å². The third-order valence-corrected chi connectivity index (χ3v) is 4.63. The molecule has 0 unspecified atom stereocenters. The van der Waals surface area contributed by atoms with Gasteiger partial charge in [-0.15, -0.1) is 0 Å². The van der Waals surface area contributed by atoms with Gasteiger partial charge in [-0.25, -0.2) is 0 Å². The first kappa shape index (κ1) is 17.8. The topological polar surface area (TPSA) is 79.7 Å². The highest BCUT2D eigenvalue weighted by Gasteiger charge is 2.17. The van der Waals surface area contributed by atoms with Crippen LogP contribution in [0, 0.1) is 11.3 Å². The monoisotopic (exact) mass is 371 g/mol. The molecule has 0 atom stereocenters. The number of fused-ring (bicyclic) bond motifs is 1. The predicted octanol–water partition coefficient (Wildman–Crippen LogP) is 5.07. The molecule has 0 aliphatic heterocycles. The number of nitrogens with zero attached hydrogens (tertiary/aromatic N) is 4. The molecule has 0 amide bonds. The Bertz CT molecular complexity index is 1180. The zero-order valence-corrected chi connectivity index (χ0v) is 16.1. The number of benzene rings is 2. The normalized spacial score (nSPS) is 11.1. The molecule has 0 spiro atoms. The maximum Gasteiger partial charge on any atom is 0.258 e. The Hall–Kier alpha value is -3.59. The van der Waals surface area contributed by atoms with Crippen molar-refractivity contribution in [3.05, 3.63) is 54.2 Å². The van der Waals surface area contributed by atoms with Crippen molar-refractivity contribution in [1.82, 2.24) is 14.7 Å². The van der Waals surface area contributed by atoms with Gasteiger partial charge in [0, 0.05) is 40.8 Å². The highest BCUT2D eigenvalue weighted by molar-refractivity contribution is 5.94. The largest absolute Gasteiger partial charge is 0.382 e. The molecule has 6 nitrogen and oxygen atoms in total. The zero-order valence-electron chi connectivity index (χ0n) is 16.1. The minimum atomic E-state index is 0.240. The number of hydrogen-bond donors (Lipinski definition) is 1. The summed E-state index contributed by atoms with van der Waals surface area (Å²) >= 11 is 0. The molecule has 0 saturated carbocycles. The lowest BCUT2D eigenvalue weighted by Gasteiger charge is -2.11. The summed E-state index contributed by atoms with van der Waals surface area (Å²) in [4.78, 5) is 4.59. The number of para-hydroxylation sites is 1. The van der Waals surface area contributed by atoms with E-state index in [1.54, 1.807) is 6.07 Å². The SMILES string of the molecule is CCn1cc(-c2noc(-c3ccc(NC(C)C)c(C#N)c3)n2)c2ccccc21. The molecule has 0 bridgehead atoms. The van der Waals surface area contributed by atoms with Crippen molar-refractivity contribution in [2.75, 3.05) is 5.32 Å². The summed E-state index contributed by atoms with van der Waals surface area (Å²) in [6.45, 7) is 7.04. The Kier molecular flexibility index (Phi) is 4.58. The fourth-order valence-corrected chi connectivity index (χ4v) is 3.34. The second-order valence-corrected chi connectivity index (χ2v) is 6.94. The average Bonchev–Trinajstić information content (AvgIpc) is 3.32. The van der Waals surface area contributed by atoms with Gasteiger partial charge in [0.1, 0.15) is 6.07 Å². The first-order valence-corrected chi connectivity index (χ1v) is 9.33. The highest BCUT2D eigenvalue weighted by Crippen LogP contribution is 2.31. The van der Waals surface area contributed by atoms with Gasteiger partial charge in [0.2, 0.25) is 5.82 Å². The van der Waals surface area contributed by atoms with Crippen LogP contribution in [0.15, 0.2) is 53.2 Å². The Morgan fingerprint density at radius 3 is 2.79 bits per heavy atom. The van der Waals surface area contributed by atoms with E-state index in [9.17, 15) is 5.26 Å². The third-order valence-electron chi connectivity index (χ3n) is 4.63. The number of aromatic nitrogens is 3. The molecular formula is C22H21N5O. The molecule has 0 radical (unpaired) electrons. The lowest BCUT2D eigenvalue weighted by atomic mass is 10.1. The van der Waals surface area contributed by atoms with Crippen LogP contribution in [0.3, 0.4) is 0 Å². The fraction of sp³-hybridized carbons (Fsp3) is 0.227. The van der Waals surface area contributed by atoms with E-state index in [0.717, 1.165) is 34.3 Å². The number of hydrogen-bond acceptors (Lipinski definition) is 5. The minimum Gasteiger partial charge on any atom is -0.382 e. The van der Waals surface area contributed by atoms with Crippen molar-refractivity contribution < 1.29 is 4.52 Å². The zero-order chi connectivity index (χ0) is 19.7. The summed E-state index contributed by atoms with van der Waals surface area (Å²) in [5.41, 5.74) is 4.15. The van der Waals surface area contributed by atoms with Crippen LogP contribution in [0.5, 0.6) is 0 Å². The smallest absolute Gasteiger partial charge is 0.258 e.